The summed E-state index contributed by atoms with van der Waals surface area (Å²) < 4.78 is 5.17. The van der Waals surface area contributed by atoms with Gasteiger partial charge in [-0.3, -0.25) is 4.79 Å². The number of hydrogen-bond acceptors (Lipinski definition) is 6. The summed E-state index contributed by atoms with van der Waals surface area (Å²) >= 11 is 1.55. The molecular formula is C20H27ClN4O2S. The molecule has 6 nitrogen and oxygen atoms in total. The lowest BCUT2D eigenvalue weighted by molar-refractivity contribution is 0.0753. The Labute approximate surface area is 175 Å². The van der Waals surface area contributed by atoms with E-state index in [0.29, 0.717) is 34.9 Å². The Bertz CT molecular complexity index is 801. The number of hydrogen-bond donors (Lipinski definition) is 2. The van der Waals surface area contributed by atoms with Crippen molar-refractivity contribution >= 4 is 30.1 Å². The molecule has 2 aliphatic carbocycles. The predicted octanol–water partition coefficient (Wildman–Crippen LogP) is 3.73. The van der Waals surface area contributed by atoms with E-state index in [4.69, 9.17) is 10.3 Å². The van der Waals surface area contributed by atoms with Crippen LogP contribution in [0.25, 0.3) is 0 Å². The minimum atomic E-state index is 0. The second-order valence-electron chi connectivity index (χ2n) is 7.70. The summed E-state index contributed by atoms with van der Waals surface area (Å²) in [5, 5.41) is 7.15. The molecule has 4 rings (SSSR count). The third kappa shape index (κ3) is 4.70. The van der Waals surface area contributed by atoms with Crippen molar-refractivity contribution in [1.29, 1.82) is 0 Å². The van der Waals surface area contributed by atoms with Crippen LogP contribution in [-0.4, -0.2) is 28.1 Å². The number of amides is 1. The molecule has 0 saturated heterocycles. The molecule has 1 aromatic carbocycles. The highest BCUT2D eigenvalue weighted by Gasteiger charge is 2.40. The molecule has 2 atom stereocenters. The Kier molecular flexibility index (Phi) is 7.01. The fourth-order valence-electron chi connectivity index (χ4n) is 4.57. The molecule has 2 bridgehead atoms. The van der Waals surface area contributed by atoms with Gasteiger partial charge < -0.3 is 15.6 Å². The standard InChI is InChI=1S/C20H26N4O2S.ClH/c1-12-22-18(26-24-12)11-27-17-8-3-2-7-16(17)20(25)23-19-13-5-4-6-14(19)10-15(21)9-13;/h2-3,7-8,13-15,19H,4-6,9-11,21H2,1H3,(H,23,25);1H. The number of nitrogens with two attached hydrogens (primary N) is 1. The van der Waals surface area contributed by atoms with Gasteiger partial charge in [-0.1, -0.05) is 23.7 Å². The zero-order chi connectivity index (χ0) is 18.8. The highest BCUT2D eigenvalue weighted by molar-refractivity contribution is 7.98. The molecule has 1 amide bonds. The highest BCUT2D eigenvalue weighted by atomic mass is 35.5. The van der Waals surface area contributed by atoms with Crippen LogP contribution in [0.4, 0.5) is 0 Å². The maximum absolute atomic E-state index is 13.1. The van der Waals surface area contributed by atoms with Crippen molar-refractivity contribution in [2.24, 2.45) is 17.6 Å². The van der Waals surface area contributed by atoms with Crippen LogP contribution in [0.2, 0.25) is 0 Å². The summed E-state index contributed by atoms with van der Waals surface area (Å²) in [6.07, 6.45) is 5.64. The van der Waals surface area contributed by atoms with Crippen LogP contribution in [-0.2, 0) is 5.75 Å². The third-order valence-corrected chi connectivity index (χ3v) is 6.79. The van der Waals surface area contributed by atoms with Crippen molar-refractivity contribution < 1.29 is 9.32 Å². The van der Waals surface area contributed by atoms with Gasteiger partial charge in [-0.15, -0.1) is 24.2 Å². The van der Waals surface area contributed by atoms with Crippen molar-refractivity contribution in [2.75, 3.05) is 0 Å². The van der Waals surface area contributed by atoms with Gasteiger partial charge in [-0.2, -0.15) is 4.98 Å². The normalized spacial score (nSPS) is 26.4. The lowest BCUT2D eigenvalue weighted by Gasteiger charge is -2.45. The van der Waals surface area contributed by atoms with Crippen molar-refractivity contribution in [1.82, 2.24) is 15.5 Å². The Morgan fingerprint density at radius 3 is 2.68 bits per heavy atom. The van der Waals surface area contributed by atoms with Crippen molar-refractivity contribution in [3.63, 3.8) is 0 Å². The minimum absolute atomic E-state index is 0. The van der Waals surface area contributed by atoms with Gasteiger partial charge >= 0.3 is 0 Å². The summed E-state index contributed by atoms with van der Waals surface area (Å²) in [6.45, 7) is 1.80. The van der Waals surface area contributed by atoms with E-state index in [1.54, 1.807) is 18.7 Å². The van der Waals surface area contributed by atoms with Gasteiger partial charge in [0.25, 0.3) is 5.91 Å². The van der Waals surface area contributed by atoms with Crippen LogP contribution in [0.5, 0.6) is 0 Å². The lowest BCUT2D eigenvalue weighted by Crippen LogP contribution is -2.53. The molecule has 0 radical (unpaired) electrons. The summed E-state index contributed by atoms with van der Waals surface area (Å²) in [5.41, 5.74) is 6.93. The number of nitrogens with one attached hydrogen (secondary N) is 1. The van der Waals surface area contributed by atoms with Crippen molar-refractivity contribution in [3.8, 4) is 0 Å². The number of carbonyl (C=O) groups is 1. The summed E-state index contributed by atoms with van der Waals surface area (Å²) in [6, 6.07) is 8.26. The predicted molar refractivity (Wildman–Crippen MR) is 112 cm³/mol. The summed E-state index contributed by atoms with van der Waals surface area (Å²) in [7, 11) is 0. The van der Waals surface area contributed by atoms with Gasteiger partial charge in [0.15, 0.2) is 5.82 Å². The minimum Gasteiger partial charge on any atom is -0.349 e. The lowest BCUT2D eigenvalue weighted by atomic mass is 9.67. The number of fused-ring (bicyclic) bond motifs is 2. The molecule has 2 aliphatic rings. The van der Waals surface area contributed by atoms with Crippen LogP contribution < -0.4 is 11.1 Å². The Morgan fingerprint density at radius 2 is 2.00 bits per heavy atom. The van der Waals surface area contributed by atoms with Gasteiger partial charge in [-0.25, -0.2) is 0 Å². The molecule has 2 aromatic rings. The maximum atomic E-state index is 13.1. The Balaban J connectivity index is 0.00000225. The van der Waals surface area contributed by atoms with E-state index in [1.165, 1.54) is 19.3 Å². The van der Waals surface area contributed by atoms with Crippen LogP contribution in [0.1, 0.15) is 54.2 Å². The first-order chi connectivity index (χ1) is 13.1. The van der Waals surface area contributed by atoms with E-state index in [9.17, 15) is 4.79 Å². The fraction of sp³-hybridized carbons (Fsp3) is 0.550. The first-order valence-electron chi connectivity index (χ1n) is 9.67. The topological polar surface area (TPSA) is 94.0 Å². The molecule has 2 unspecified atom stereocenters. The second kappa shape index (κ2) is 9.29. The maximum Gasteiger partial charge on any atom is 0.252 e. The first-order valence-corrected chi connectivity index (χ1v) is 10.7. The monoisotopic (exact) mass is 422 g/mol. The van der Waals surface area contributed by atoms with E-state index >= 15 is 0 Å². The largest absolute Gasteiger partial charge is 0.349 e. The number of carbonyl (C=O) groups excluding carboxylic acids is 1. The van der Waals surface area contributed by atoms with E-state index in [1.807, 2.05) is 24.3 Å². The molecule has 152 valence electrons. The molecule has 1 heterocycles. The number of halogens is 1. The molecule has 0 spiro atoms. The van der Waals surface area contributed by atoms with E-state index in [2.05, 4.69) is 15.5 Å². The van der Waals surface area contributed by atoms with Gasteiger partial charge in [0.05, 0.1) is 11.3 Å². The number of thioether (sulfide) groups is 1. The molecular weight excluding hydrogens is 396 g/mol. The highest BCUT2D eigenvalue weighted by Crippen LogP contribution is 2.40. The first kappa shape index (κ1) is 21.1. The van der Waals surface area contributed by atoms with E-state index < -0.39 is 0 Å². The zero-order valence-electron chi connectivity index (χ0n) is 16.0. The summed E-state index contributed by atoms with van der Waals surface area (Å²) in [4.78, 5) is 18.2. The number of aromatic nitrogens is 2. The van der Waals surface area contributed by atoms with Crippen LogP contribution in [0.15, 0.2) is 33.7 Å². The van der Waals surface area contributed by atoms with Gasteiger partial charge in [-0.05, 0) is 56.6 Å². The van der Waals surface area contributed by atoms with Crippen LogP contribution in [0, 0.1) is 18.8 Å². The van der Waals surface area contributed by atoms with Crippen molar-refractivity contribution in [3.05, 3.63) is 41.5 Å². The average Bonchev–Trinajstić information content (AvgIpc) is 3.06. The summed E-state index contributed by atoms with van der Waals surface area (Å²) in [5.74, 6) is 2.78. The van der Waals surface area contributed by atoms with Gasteiger partial charge in [0, 0.05) is 17.0 Å². The molecule has 28 heavy (non-hydrogen) atoms. The fourth-order valence-corrected chi connectivity index (χ4v) is 5.46. The Hall–Kier alpha value is -1.57. The van der Waals surface area contributed by atoms with Gasteiger partial charge in [0.2, 0.25) is 5.89 Å². The van der Waals surface area contributed by atoms with Crippen LogP contribution in [0.3, 0.4) is 0 Å². The smallest absolute Gasteiger partial charge is 0.252 e. The quantitative estimate of drug-likeness (QED) is 0.713. The van der Waals surface area contributed by atoms with Crippen LogP contribution >= 0.6 is 24.2 Å². The van der Waals surface area contributed by atoms with E-state index in [-0.39, 0.29) is 30.4 Å². The molecule has 0 aliphatic heterocycles. The molecule has 2 saturated carbocycles. The number of rotatable bonds is 5. The molecule has 3 N–H and O–H groups in total. The average molecular weight is 423 g/mol. The Morgan fingerprint density at radius 1 is 1.29 bits per heavy atom. The molecule has 8 heteroatoms. The van der Waals surface area contributed by atoms with Gasteiger partial charge in [0.1, 0.15) is 0 Å². The third-order valence-electron chi connectivity index (χ3n) is 5.73. The van der Waals surface area contributed by atoms with E-state index in [0.717, 1.165) is 17.7 Å². The zero-order valence-corrected chi connectivity index (χ0v) is 17.6. The second-order valence-corrected chi connectivity index (χ2v) is 8.72. The number of aryl methyl sites for hydroxylation is 1. The number of nitrogens with zero attached hydrogens (tertiary/aromatic N) is 2. The molecule has 2 fully saturated rings. The SMILES string of the molecule is Cc1noc(CSc2ccccc2C(=O)NC2C3CCCC2CC(N)C3)n1.Cl. The molecule has 1 aromatic heterocycles. The van der Waals surface area contributed by atoms with Crippen molar-refractivity contribution in [2.45, 2.75) is 61.8 Å². The number of benzene rings is 1.